The number of benzene rings is 1. The van der Waals surface area contributed by atoms with Gasteiger partial charge in [0, 0.05) is 61.3 Å². The highest BCUT2D eigenvalue weighted by atomic mass is 16.5. The summed E-state index contributed by atoms with van der Waals surface area (Å²) in [7, 11) is 0. The number of nitrogens with zero attached hydrogens (tertiary/aromatic N) is 3. The van der Waals surface area contributed by atoms with Gasteiger partial charge >= 0.3 is 0 Å². The average molecular weight is 733 g/mol. The molecule has 1 aromatic heterocycles. The van der Waals surface area contributed by atoms with Gasteiger partial charge < -0.3 is 19.5 Å². The number of carbonyl (C=O) groups excluding carboxylic acids is 1. The number of allylic oxidation sites excluding steroid dienone is 2. The van der Waals surface area contributed by atoms with E-state index in [2.05, 4.69) is 110 Å². The summed E-state index contributed by atoms with van der Waals surface area (Å²) >= 11 is 0. The molecule has 1 aromatic carbocycles. The van der Waals surface area contributed by atoms with Crippen LogP contribution in [0.5, 0.6) is 0 Å². The summed E-state index contributed by atoms with van der Waals surface area (Å²) < 4.78 is 8.34. The van der Waals surface area contributed by atoms with Gasteiger partial charge in [0.05, 0.1) is 31.7 Å². The van der Waals surface area contributed by atoms with Crippen molar-refractivity contribution in [1.82, 2.24) is 19.7 Å². The van der Waals surface area contributed by atoms with Gasteiger partial charge in [-0.2, -0.15) is 0 Å². The van der Waals surface area contributed by atoms with Crippen LogP contribution in [0.4, 0.5) is 0 Å². The van der Waals surface area contributed by atoms with E-state index in [4.69, 9.17) is 4.74 Å². The SMILES string of the molecule is CC1(C)CC[C@]2(C(=O)N3CCOCC3)CC[C@]3(C)C(=CC[C@@H]4[C@@]5(C)Cc6c(n(CC#CCN7CCNCC7)c7ccccc67)C(C)(C)[C@@H]5CC[C@]43C)[C@@H]2C1. The van der Waals surface area contributed by atoms with Crippen LogP contribution in [0.25, 0.3) is 10.9 Å². The third-order valence-corrected chi connectivity index (χ3v) is 17.6. The molecule has 9 rings (SSSR count). The van der Waals surface area contributed by atoms with Crippen molar-refractivity contribution >= 4 is 16.8 Å². The first-order valence-electron chi connectivity index (χ1n) is 21.8. The zero-order valence-corrected chi connectivity index (χ0v) is 34.7. The van der Waals surface area contributed by atoms with Crippen LogP contribution in [-0.2, 0) is 27.9 Å². The predicted molar refractivity (Wildman–Crippen MR) is 219 cm³/mol. The van der Waals surface area contributed by atoms with E-state index in [9.17, 15) is 4.79 Å². The number of ether oxygens (including phenoxy) is 1. The Balaban J connectivity index is 1.08. The number of rotatable bonds is 3. The Bertz CT molecular complexity index is 1900. The molecule has 0 spiro atoms. The highest BCUT2D eigenvalue weighted by Gasteiger charge is 2.69. The van der Waals surface area contributed by atoms with Crippen molar-refractivity contribution in [3.8, 4) is 11.8 Å². The normalized spacial score (nSPS) is 38.5. The molecule has 5 aliphatic carbocycles. The monoisotopic (exact) mass is 733 g/mol. The lowest BCUT2D eigenvalue weighted by Gasteiger charge is -2.71. The van der Waals surface area contributed by atoms with Gasteiger partial charge in [-0.15, -0.1) is 0 Å². The van der Waals surface area contributed by atoms with Crippen molar-refractivity contribution in [2.75, 3.05) is 59.0 Å². The predicted octanol–water partition coefficient (Wildman–Crippen LogP) is 8.22. The van der Waals surface area contributed by atoms with Gasteiger partial charge in [0.25, 0.3) is 0 Å². The molecule has 2 aromatic rings. The quantitative estimate of drug-likeness (QED) is 0.255. The maximum absolute atomic E-state index is 14.8. The fraction of sp³-hybridized carbons (Fsp3) is 0.729. The van der Waals surface area contributed by atoms with E-state index in [0.29, 0.717) is 36.9 Å². The summed E-state index contributed by atoms with van der Waals surface area (Å²) in [6.45, 7) is 27.0. The van der Waals surface area contributed by atoms with E-state index in [-0.39, 0.29) is 32.5 Å². The first-order chi connectivity index (χ1) is 25.8. The number of fused-ring (bicyclic) bond motifs is 10. The summed E-state index contributed by atoms with van der Waals surface area (Å²) in [5, 5.41) is 4.92. The van der Waals surface area contributed by atoms with E-state index in [1.807, 2.05) is 0 Å². The van der Waals surface area contributed by atoms with Crippen LogP contribution in [0, 0.1) is 56.7 Å². The maximum atomic E-state index is 14.8. The smallest absolute Gasteiger partial charge is 0.229 e. The molecule has 2 saturated heterocycles. The molecule has 1 N–H and O–H groups in total. The van der Waals surface area contributed by atoms with Crippen molar-refractivity contribution in [2.45, 2.75) is 118 Å². The van der Waals surface area contributed by atoms with Crippen LogP contribution >= 0.6 is 0 Å². The van der Waals surface area contributed by atoms with Crippen LogP contribution in [0.2, 0.25) is 0 Å². The second kappa shape index (κ2) is 13.0. The number of morpholine rings is 1. The molecule has 54 heavy (non-hydrogen) atoms. The molecular weight excluding hydrogens is 665 g/mol. The minimum atomic E-state index is -0.250. The molecule has 7 atom stereocenters. The number of carbonyl (C=O) groups is 1. The average Bonchev–Trinajstić information content (AvgIpc) is 3.47. The Morgan fingerprint density at radius 2 is 1.59 bits per heavy atom. The van der Waals surface area contributed by atoms with Crippen molar-refractivity contribution in [1.29, 1.82) is 0 Å². The number of para-hydroxylation sites is 1. The Hall–Kier alpha value is -2.59. The van der Waals surface area contributed by atoms with Crippen molar-refractivity contribution in [3.63, 3.8) is 0 Å². The minimum Gasteiger partial charge on any atom is -0.378 e. The molecule has 3 saturated carbocycles. The number of hydrogen-bond acceptors (Lipinski definition) is 4. The van der Waals surface area contributed by atoms with E-state index in [1.165, 1.54) is 23.7 Å². The number of nitrogens with one attached hydrogen (secondary N) is 1. The zero-order chi connectivity index (χ0) is 37.7. The fourth-order valence-corrected chi connectivity index (χ4v) is 14.7. The Kier molecular flexibility index (Phi) is 8.89. The van der Waals surface area contributed by atoms with Gasteiger partial charge in [0.1, 0.15) is 0 Å². The first-order valence-corrected chi connectivity index (χ1v) is 21.8. The van der Waals surface area contributed by atoms with Crippen molar-refractivity contribution in [3.05, 3.63) is 47.2 Å². The Morgan fingerprint density at radius 1 is 0.870 bits per heavy atom. The highest BCUT2D eigenvalue weighted by Crippen LogP contribution is 2.75. The lowest BCUT2D eigenvalue weighted by atomic mass is 9.33. The molecule has 0 bridgehead atoms. The standard InChI is InChI=1S/C48H68N4O2/c1-43(2)18-20-48(42(53)51-28-30-54-31-29-51)21-19-46(6)36(37(48)33-43)14-15-40-45(5)32-35-34-12-8-9-13-38(34)52(25-11-10-24-50-26-22-49-23-27-50)41(35)44(3,4)39(45)16-17-47(40,46)7/h8-9,12-14,37,39-40,49H,15-33H2,1-7H3/t37-,39-,40+,45-,46+,47+,48-/m0/s1. The van der Waals surface area contributed by atoms with Crippen LogP contribution in [0.1, 0.15) is 111 Å². The summed E-state index contributed by atoms with van der Waals surface area (Å²) in [6.07, 6.45) is 13.1. The number of hydrogen-bond donors (Lipinski definition) is 1. The van der Waals surface area contributed by atoms with Crippen LogP contribution in [-0.4, -0.2) is 79.3 Å². The lowest BCUT2D eigenvalue weighted by Crippen LogP contribution is -2.65. The molecule has 6 nitrogen and oxygen atoms in total. The summed E-state index contributed by atoms with van der Waals surface area (Å²) in [5.41, 5.74) is 6.71. The second-order valence-electron chi connectivity index (χ2n) is 21.0. The second-order valence-corrected chi connectivity index (χ2v) is 21.0. The zero-order valence-electron chi connectivity index (χ0n) is 34.7. The van der Waals surface area contributed by atoms with E-state index in [1.54, 1.807) is 16.8 Å². The molecule has 3 heterocycles. The van der Waals surface area contributed by atoms with Crippen LogP contribution in [0.3, 0.4) is 0 Å². The van der Waals surface area contributed by atoms with Gasteiger partial charge in [-0.05, 0) is 109 Å². The van der Waals surface area contributed by atoms with E-state index in [0.717, 1.165) is 97.3 Å². The molecule has 7 aliphatic rings. The Morgan fingerprint density at radius 3 is 2.37 bits per heavy atom. The minimum absolute atomic E-state index is 0.0352. The van der Waals surface area contributed by atoms with Crippen LogP contribution in [0.15, 0.2) is 35.9 Å². The number of piperazine rings is 1. The number of aromatic nitrogens is 1. The van der Waals surface area contributed by atoms with E-state index < -0.39 is 0 Å². The van der Waals surface area contributed by atoms with Gasteiger partial charge in [-0.3, -0.25) is 9.69 Å². The molecule has 6 heteroatoms. The largest absolute Gasteiger partial charge is 0.378 e. The van der Waals surface area contributed by atoms with Gasteiger partial charge in [-0.1, -0.05) is 90.2 Å². The topological polar surface area (TPSA) is 49.7 Å². The van der Waals surface area contributed by atoms with Gasteiger partial charge in [0.2, 0.25) is 5.91 Å². The molecular formula is C48H68N4O2. The Labute approximate surface area is 326 Å². The molecule has 2 aliphatic heterocycles. The fourth-order valence-electron chi connectivity index (χ4n) is 14.7. The van der Waals surface area contributed by atoms with Gasteiger partial charge in [0.15, 0.2) is 0 Å². The maximum Gasteiger partial charge on any atom is 0.229 e. The van der Waals surface area contributed by atoms with Crippen molar-refractivity contribution < 1.29 is 9.53 Å². The number of amides is 1. The third kappa shape index (κ3) is 5.33. The summed E-state index contributed by atoms with van der Waals surface area (Å²) in [6, 6.07) is 9.24. The summed E-state index contributed by atoms with van der Waals surface area (Å²) in [4.78, 5) is 19.5. The van der Waals surface area contributed by atoms with Crippen molar-refractivity contribution in [2.24, 2.45) is 44.8 Å². The van der Waals surface area contributed by atoms with Gasteiger partial charge in [-0.25, -0.2) is 0 Å². The van der Waals surface area contributed by atoms with E-state index >= 15 is 0 Å². The summed E-state index contributed by atoms with van der Waals surface area (Å²) in [5.74, 6) is 9.23. The third-order valence-electron chi connectivity index (χ3n) is 17.6. The first kappa shape index (κ1) is 37.0. The molecule has 0 unspecified atom stereocenters. The molecule has 5 fully saturated rings. The van der Waals surface area contributed by atoms with Crippen LogP contribution < -0.4 is 5.32 Å². The molecule has 292 valence electrons. The molecule has 1 amide bonds. The highest BCUT2D eigenvalue weighted by molar-refractivity contribution is 5.87. The molecule has 0 radical (unpaired) electrons. The lowest BCUT2D eigenvalue weighted by molar-refractivity contribution is -0.175.